The Morgan fingerprint density at radius 1 is 1.20 bits per heavy atom. The fraction of sp³-hybridized carbons (Fsp3) is 0.280. The summed E-state index contributed by atoms with van der Waals surface area (Å²) in [6.07, 6.45) is 2.43. The Balaban J connectivity index is 1.53. The minimum absolute atomic E-state index is 0.0703. The van der Waals surface area contributed by atoms with Gasteiger partial charge in [-0.05, 0) is 42.3 Å². The summed E-state index contributed by atoms with van der Waals surface area (Å²) in [6.45, 7) is 1.28. The molecule has 0 saturated heterocycles. The van der Waals surface area contributed by atoms with Gasteiger partial charge in [0.25, 0.3) is 5.91 Å². The molecule has 1 atom stereocenters. The SMILES string of the molecule is CCC1CC(=O)N(Cc2ccc(NC(=O)c3ccno3)cc2)N=C1c1ccc(OC)c(OCF)c1. The molecule has 0 saturated carbocycles. The normalized spacial score (nSPS) is 15.5. The summed E-state index contributed by atoms with van der Waals surface area (Å²) in [5, 5.41) is 12.3. The summed E-state index contributed by atoms with van der Waals surface area (Å²) in [7, 11) is 1.48. The smallest absolute Gasteiger partial charge is 0.294 e. The number of nitrogens with one attached hydrogen (secondary N) is 1. The molecule has 1 N–H and O–H groups in total. The van der Waals surface area contributed by atoms with Crippen LogP contribution in [0.5, 0.6) is 11.5 Å². The van der Waals surface area contributed by atoms with Crippen LogP contribution in [0.25, 0.3) is 0 Å². The van der Waals surface area contributed by atoms with E-state index in [4.69, 9.17) is 14.0 Å². The van der Waals surface area contributed by atoms with Crippen molar-refractivity contribution in [2.75, 3.05) is 19.3 Å². The number of rotatable bonds is 9. The fourth-order valence-corrected chi connectivity index (χ4v) is 3.83. The lowest BCUT2D eigenvalue weighted by Gasteiger charge is -2.29. The number of benzene rings is 2. The third kappa shape index (κ3) is 5.48. The Morgan fingerprint density at radius 2 is 2.00 bits per heavy atom. The molecule has 1 unspecified atom stereocenters. The van der Waals surface area contributed by atoms with E-state index in [0.717, 1.165) is 23.3 Å². The number of carbonyl (C=O) groups is 2. The Kier molecular flexibility index (Phi) is 7.39. The summed E-state index contributed by atoms with van der Waals surface area (Å²) < 4.78 is 28.0. The second kappa shape index (κ2) is 10.8. The lowest BCUT2D eigenvalue weighted by molar-refractivity contribution is -0.133. The maximum Gasteiger partial charge on any atom is 0.294 e. The first-order valence-corrected chi connectivity index (χ1v) is 11.1. The molecule has 2 heterocycles. The highest BCUT2D eigenvalue weighted by atomic mass is 19.1. The number of amides is 2. The van der Waals surface area contributed by atoms with Crippen LogP contribution in [0.4, 0.5) is 10.1 Å². The van der Waals surface area contributed by atoms with Crippen LogP contribution in [-0.4, -0.2) is 41.7 Å². The zero-order valence-electron chi connectivity index (χ0n) is 19.4. The largest absolute Gasteiger partial charge is 0.493 e. The van der Waals surface area contributed by atoms with Crippen LogP contribution in [0.3, 0.4) is 0 Å². The van der Waals surface area contributed by atoms with Crippen molar-refractivity contribution in [3.8, 4) is 11.5 Å². The number of anilines is 1. The molecule has 10 heteroatoms. The van der Waals surface area contributed by atoms with Crippen molar-refractivity contribution in [3.63, 3.8) is 0 Å². The summed E-state index contributed by atoms with van der Waals surface area (Å²) in [4.78, 5) is 24.9. The molecule has 9 nitrogen and oxygen atoms in total. The number of carbonyl (C=O) groups excluding carboxylic acids is 2. The highest BCUT2D eigenvalue weighted by Gasteiger charge is 2.30. The van der Waals surface area contributed by atoms with E-state index in [2.05, 4.69) is 15.6 Å². The molecule has 0 aliphatic carbocycles. The number of alkyl halides is 1. The molecule has 1 aliphatic heterocycles. The van der Waals surface area contributed by atoms with E-state index in [-0.39, 0.29) is 29.9 Å². The first kappa shape index (κ1) is 23.9. The van der Waals surface area contributed by atoms with Gasteiger partial charge in [0.05, 0.1) is 25.6 Å². The van der Waals surface area contributed by atoms with Crippen LogP contribution in [0.15, 0.2) is 64.4 Å². The highest BCUT2D eigenvalue weighted by molar-refractivity contribution is 6.06. The van der Waals surface area contributed by atoms with E-state index in [9.17, 15) is 14.0 Å². The van der Waals surface area contributed by atoms with Crippen LogP contribution in [0.2, 0.25) is 0 Å². The Labute approximate surface area is 201 Å². The molecule has 0 fully saturated rings. The van der Waals surface area contributed by atoms with Crippen LogP contribution in [0.1, 0.15) is 41.4 Å². The van der Waals surface area contributed by atoms with Gasteiger partial charge >= 0.3 is 0 Å². The first-order chi connectivity index (χ1) is 17.0. The zero-order chi connectivity index (χ0) is 24.8. The molecule has 3 aromatic rings. The lowest BCUT2D eigenvalue weighted by atomic mass is 9.89. The van der Waals surface area contributed by atoms with Crippen molar-refractivity contribution in [1.29, 1.82) is 0 Å². The number of ether oxygens (including phenoxy) is 2. The van der Waals surface area contributed by atoms with E-state index in [1.54, 1.807) is 24.3 Å². The molecular weight excluding hydrogens is 455 g/mol. The molecule has 182 valence electrons. The van der Waals surface area contributed by atoms with Gasteiger partial charge in [-0.2, -0.15) is 5.10 Å². The maximum atomic E-state index is 12.8. The van der Waals surface area contributed by atoms with Crippen molar-refractivity contribution in [2.24, 2.45) is 11.0 Å². The second-order valence-electron chi connectivity index (χ2n) is 7.89. The van der Waals surface area contributed by atoms with Crippen molar-refractivity contribution >= 4 is 23.2 Å². The van der Waals surface area contributed by atoms with Crippen molar-refractivity contribution in [2.45, 2.75) is 26.3 Å². The van der Waals surface area contributed by atoms with Crippen LogP contribution < -0.4 is 14.8 Å². The van der Waals surface area contributed by atoms with Crippen molar-refractivity contribution in [3.05, 3.63) is 71.6 Å². The van der Waals surface area contributed by atoms with Gasteiger partial charge in [-0.3, -0.25) is 9.59 Å². The van der Waals surface area contributed by atoms with Gasteiger partial charge in [-0.1, -0.05) is 24.2 Å². The monoisotopic (exact) mass is 480 g/mol. The molecule has 4 rings (SSSR count). The van der Waals surface area contributed by atoms with Gasteiger partial charge in [0.15, 0.2) is 11.5 Å². The summed E-state index contributed by atoms with van der Waals surface area (Å²) in [5.74, 6) is 0.239. The Bertz CT molecular complexity index is 1210. The summed E-state index contributed by atoms with van der Waals surface area (Å²) in [5.41, 5.74) is 2.89. The molecule has 1 aromatic heterocycles. The average molecular weight is 480 g/mol. The molecule has 1 aliphatic rings. The van der Waals surface area contributed by atoms with E-state index >= 15 is 0 Å². The Morgan fingerprint density at radius 3 is 2.66 bits per heavy atom. The van der Waals surface area contributed by atoms with Gasteiger partial charge in [0, 0.05) is 29.7 Å². The number of hydrogen-bond acceptors (Lipinski definition) is 7. The molecule has 0 radical (unpaired) electrons. The van der Waals surface area contributed by atoms with E-state index in [1.165, 1.54) is 24.4 Å². The van der Waals surface area contributed by atoms with Crippen molar-refractivity contribution < 1.29 is 28.0 Å². The maximum absolute atomic E-state index is 12.8. The predicted molar refractivity (Wildman–Crippen MR) is 126 cm³/mol. The lowest BCUT2D eigenvalue weighted by Crippen LogP contribution is -2.36. The van der Waals surface area contributed by atoms with Gasteiger partial charge in [-0.15, -0.1) is 0 Å². The second-order valence-corrected chi connectivity index (χ2v) is 7.89. The van der Waals surface area contributed by atoms with Crippen LogP contribution in [0, 0.1) is 5.92 Å². The fourth-order valence-electron chi connectivity index (χ4n) is 3.83. The van der Waals surface area contributed by atoms with Gasteiger partial charge in [-0.25, -0.2) is 9.40 Å². The van der Waals surface area contributed by atoms with E-state index in [0.29, 0.717) is 17.9 Å². The number of hydrazone groups is 1. The van der Waals surface area contributed by atoms with Gasteiger partial charge < -0.3 is 19.3 Å². The van der Waals surface area contributed by atoms with Crippen LogP contribution in [-0.2, 0) is 11.3 Å². The molecule has 35 heavy (non-hydrogen) atoms. The minimum atomic E-state index is -0.983. The number of nitrogens with zero attached hydrogens (tertiary/aromatic N) is 3. The van der Waals surface area contributed by atoms with E-state index < -0.39 is 12.8 Å². The Hall–Kier alpha value is -4.21. The summed E-state index contributed by atoms with van der Waals surface area (Å²) in [6, 6.07) is 13.8. The quantitative estimate of drug-likeness (QED) is 0.487. The molecule has 0 bridgehead atoms. The minimum Gasteiger partial charge on any atom is -0.493 e. The number of halogens is 1. The van der Waals surface area contributed by atoms with Crippen LogP contribution >= 0.6 is 0 Å². The van der Waals surface area contributed by atoms with E-state index in [1.807, 2.05) is 25.1 Å². The molecular formula is C25H25FN4O5. The third-order valence-electron chi connectivity index (χ3n) is 5.69. The van der Waals surface area contributed by atoms with Crippen molar-refractivity contribution in [1.82, 2.24) is 10.2 Å². The molecule has 0 spiro atoms. The number of aromatic nitrogens is 1. The standard InChI is InChI=1S/C25H25FN4O5/c1-3-17-13-23(31)30(29-24(17)18-6-9-20(33-2)22(12-18)34-15-26)14-16-4-7-19(8-5-16)28-25(32)21-10-11-27-35-21/h4-12,17H,3,13-15H2,1-2H3,(H,28,32). The number of methoxy groups -OCH3 is 1. The predicted octanol–water partition coefficient (Wildman–Crippen LogP) is 4.40. The molecule has 2 amide bonds. The van der Waals surface area contributed by atoms with Gasteiger partial charge in [0.1, 0.15) is 0 Å². The number of hydrogen-bond donors (Lipinski definition) is 1. The third-order valence-corrected chi connectivity index (χ3v) is 5.69. The topological polar surface area (TPSA) is 106 Å². The highest BCUT2D eigenvalue weighted by Crippen LogP contribution is 2.32. The molecule has 2 aromatic carbocycles. The first-order valence-electron chi connectivity index (χ1n) is 11.1. The average Bonchev–Trinajstić information content (AvgIpc) is 3.42. The summed E-state index contributed by atoms with van der Waals surface area (Å²) >= 11 is 0. The van der Waals surface area contributed by atoms with Gasteiger partial charge in [0.2, 0.25) is 18.5 Å². The zero-order valence-corrected chi connectivity index (χ0v) is 19.4.